The molecule has 9 nitrogen and oxygen atoms in total. The lowest BCUT2D eigenvalue weighted by Crippen LogP contribution is -2.37. The number of amides is 3. The molecule has 1 aromatic rings. The number of thioether (sulfide) groups is 1. The second-order valence-electron chi connectivity index (χ2n) is 6.66. The molecule has 2 saturated heterocycles. The Balaban J connectivity index is 1.91. The summed E-state index contributed by atoms with van der Waals surface area (Å²) < 4.78 is 10.8. The first-order valence-electron chi connectivity index (χ1n) is 9.20. The SMILES string of the molecule is COc1cc(C=C2SC(=O)NC2=O)c(N2CCC(NC(=O)CCN)C2)cc1OC. The maximum atomic E-state index is 12.0. The van der Waals surface area contributed by atoms with Crippen LogP contribution in [0.5, 0.6) is 11.5 Å². The van der Waals surface area contributed by atoms with Gasteiger partial charge in [-0.15, -0.1) is 0 Å². The number of nitrogens with one attached hydrogen (secondary N) is 2. The molecule has 3 amide bonds. The van der Waals surface area contributed by atoms with Crippen LogP contribution in [0.3, 0.4) is 0 Å². The molecular formula is C19H24N4O5S. The number of imide groups is 1. The molecule has 2 aliphatic heterocycles. The van der Waals surface area contributed by atoms with Crippen molar-refractivity contribution >= 4 is 40.6 Å². The molecular weight excluding hydrogens is 396 g/mol. The fraction of sp³-hybridized carbons (Fsp3) is 0.421. The van der Waals surface area contributed by atoms with Crippen molar-refractivity contribution in [2.45, 2.75) is 18.9 Å². The lowest BCUT2D eigenvalue weighted by Gasteiger charge is -2.23. The number of carbonyl (C=O) groups is 3. The lowest BCUT2D eigenvalue weighted by molar-refractivity contribution is -0.121. The van der Waals surface area contributed by atoms with Crippen molar-refractivity contribution < 1.29 is 23.9 Å². The number of hydrogen-bond donors (Lipinski definition) is 3. The van der Waals surface area contributed by atoms with Gasteiger partial charge in [-0.25, -0.2) is 0 Å². The van der Waals surface area contributed by atoms with Crippen LogP contribution in [-0.2, 0) is 9.59 Å². The summed E-state index contributed by atoms with van der Waals surface area (Å²) in [6, 6.07) is 3.63. The van der Waals surface area contributed by atoms with Gasteiger partial charge >= 0.3 is 0 Å². The highest BCUT2D eigenvalue weighted by Gasteiger charge is 2.29. The molecule has 4 N–H and O–H groups in total. The Morgan fingerprint density at radius 3 is 2.69 bits per heavy atom. The number of carbonyl (C=O) groups excluding carboxylic acids is 3. The van der Waals surface area contributed by atoms with Crippen molar-refractivity contribution in [1.29, 1.82) is 0 Å². The molecule has 0 aromatic heterocycles. The third-order valence-corrected chi connectivity index (χ3v) is 5.54. The van der Waals surface area contributed by atoms with Gasteiger partial charge in [0.2, 0.25) is 5.91 Å². The minimum absolute atomic E-state index is 0.00776. The Bertz CT molecular complexity index is 857. The third kappa shape index (κ3) is 4.83. The van der Waals surface area contributed by atoms with E-state index in [0.717, 1.165) is 36.0 Å². The zero-order chi connectivity index (χ0) is 21.0. The summed E-state index contributed by atoms with van der Waals surface area (Å²) in [7, 11) is 3.09. The highest BCUT2D eigenvalue weighted by Crippen LogP contribution is 2.39. The summed E-state index contributed by atoms with van der Waals surface area (Å²) in [4.78, 5) is 37.8. The number of rotatable bonds is 7. The Labute approximate surface area is 173 Å². The zero-order valence-corrected chi connectivity index (χ0v) is 17.1. The largest absolute Gasteiger partial charge is 0.493 e. The van der Waals surface area contributed by atoms with Gasteiger partial charge < -0.3 is 25.4 Å². The molecule has 29 heavy (non-hydrogen) atoms. The molecule has 156 valence electrons. The first kappa shape index (κ1) is 21.0. The maximum absolute atomic E-state index is 12.0. The highest BCUT2D eigenvalue weighted by atomic mass is 32.2. The van der Waals surface area contributed by atoms with E-state index in [0.29, 0.717) is 35.9 Å². The van der Waals surface area contributed by atoms with Crippen molar-refractivity contribution in [1.82, 2.24) is 10.6 Å². The summed E-state index contributed by atoms with van der Waals surface area (Å²) in [5, 5.41) is 4.85. The Morgan fingerprint density at radius 2 is 2.07 bits per heavy atom. The molecule has 10 heteroatoms. The zero-order valence-electron chi connectivity index (χ0n) is 16.3. The summed E-state index contributed by atoms with van der Waals surface area (Å²) in [6.45, 7) is 1.64. The number of benzene rings is 1. The van der Waals surface area contributed by atoms with Gasteiger partial charge in [0, 0.05) is 49.4 Å². The van der Waals surface area contributed by atoms with Gasteiger partial charge in [-0.1, -0.05) is 0 Å². The van der Waals surface area contributed by atoms with Crippen LogP contribution >= 0.6 is 11.8 Å². The monoisotopic (exact) mass is 420 g/mol. The summed E-state index contributed by atoms with van der Waals surface area (Å²) in [5.74, 6) is 0.588. The number of hydrogen-bond acceptors (Lipinski definition) is 8. The van der Waals surface area contributed by atoms with Crippen LogP contribution in [0.4, 0.5) is 10.5 Å². The van der Waals surface area contributed by atoms with Crippen LogP contribution in [0.15, 0.2) is 17.0 Å². The van der Waals surface area contributed by atoms with Crippen LogP contribution in [0.2, 0.25) is 0 Å². The number of ether oxygens (including phenoxy) is 2. The van der Waals surface area contributed by atoms with E-state index in [1.54, 1.807) is 19.3 Å². The Morgan fingerprint density at radius 1 is 1.34 bits per heavy atom. The molecule has 2 aliphatic rings. The van der Waals surface area contributed by atoms with Crippen LogP contribution in [-0.4, -0.2) is 56.9 Å². The van der Waals surface area contributed by atoms with Gasteiger partial charge in [-0.2, -0.15) is 0 Å². The standard InChI is InChI=1S/C19H24N4O5S/c1-27-14-7-11(8-16-18(25)22-19(26)29-16)13(9-15(14)28-2)23-6-4-12(10-23)21-17(24)3-5-20/h7-9,12H,3-6,10,20H2,1-2H3,(H,21,24)(H,22,25,26). The minimum atomic E-state index is -0.422. The third-order valence-electron chi connectivity index (χ3n) is 4.73. The normalized spacial score (nSPS) is 20.2. The van der Waals surface area contributed by atoms with E-state index in [9.17, 15) is 14.4 Å². The van der Waals surface area contributed by atoms with Crippen LogP contribution in [0, 0.1) is 0 Å². The summed E-state index contributed by atoms with van der Waals surface area (Å²) in [6.07, 6.45) is 2.75. The predicted octanol–water partition coefficient (Wildman–Crippen LogP) is 1.07. The van der Waals surface area contributed by atoms with Gasteiger partial charge in [-0.3, -0.25) is 19.7 Å². The average molecular weight is 420 g/mol. The quantitative estimate of drug-likeness (QED) is 0.560. The van der Waals surface area contributed by atoms with Gasteiger partial charge in [0.05, 0.1) is 19.1 Å². The number of methoxy groups -OCH3 is 2. The molecule has 0 aliphatic carbocycles. The van der Waals surface area contributed by atoms with Crippen molar-refractivity contribution in [3.05, 3.63) is 22.6 Å². The predicted molar refractivity (Wildman–Crippen MR) is 111 cm³/mol. The Kier molecular flexibility index (Phi) is 6.65. The van der Waals surface area contributed by atoms with Crippen LogP contribution in [0.25, 0.3) is 6.08 Å². The molecule has 0 saturated carbocycles. The molecule has 3 rings (SSSR count). The number of nitrogens with two attached hydrogens (primary N) is 1. The molecule has 0 spiro atoms. The topological polar surface area (TPSA) is 123 Å². The van der Waals surface area contributed by atoms with E-state index in [1.165, 1.54) is 7.11 Å². The minimum Gasteiger partial charge on any atom is -0.493 e. The van der Waals surface area contributed by atoms with E-state index in [-0.39, 0.29) is 11.9 Å². The summed E-state index contributed by atoms with van der Waals surface area (Å²) >= 11 is 0.860. The number of nitrogens with zero attached hydrogens (tertiary/aromatic N) is 1. The highest BCUT2D eigenvalue weighted by molar-refractivity contribution is 8.18. The van der Waals surface area contributed by atoms with Gasteiger partial charge in [0.15, 0.2) is 11.5 Å². The molecule has 2 fully saturated rings. The first-order valence-corrected chi connectivity index (χ1v) is 10.0. The molecule has 1 unspecified atom stereocenters. The fourth-order valence-electron chi connectivity index (χ4n) is 3.36. The molecule has 0 bridgehead atoms. The maximum Gasteiger partial charge on any atom is 0.290 e. The van der Waals surface area contributed by atoms with Crippen LogP contribution < -0.4 is 30.7 Å². The first-order chi connectivity index (χ1) is 13.9. The molecule has 1 atom stereocenters. The number of anilines is 1. The van der Waals surface area contributed by atoms with E-state index in [2.05, 4.69) is 15.5 Å². The van der Waals surface area contributed by atoms with Gasteiger partial charge in [-0.05, 0) is 30.3 Å². The van der Waals surface area contributed by atoms with Gasteiger partial charge in [0.25, 0.3) is 11.1 Å². The molecule has 2 heterocycles. The van der Waals surface area contributed by atoms with E-state index in [1.807, 2.05) is 6.07 Å². The van der Waals surface area contributed by atoms with Crippen LogP contribution in [0.1, 0.15) is 18.4 Å². The van der Waals surface area contributed by atoms with Crippen molar-refractivity contribution in [2.75, 3.05) is 38.8 Å². The van der Waals surface area contributed by atoms with Gasteiger partial charge in [0.1, 0.15) is 0 Å². The second kappa shape index (κ2) is 9.19. The smallest absolute Gasteiger partial charge is 0.290 e. The lowest BCUT2D eigenvalue weighted by atomic mass is 10.1. The molecule has 1 aromatic carbocycles. The average Bonchev–Trinajstić information content (AvgIpc) is 3.27. The molecule has 0 radical (unpaired) electrons. The van der Waals surface area contributed by atoms with E-state index in [4.69, 9.17) is 15.2 Å². The fourth-order valence-corrected chi connectivity index (χ4v) is 4.04. The second-order valence-corrected chi connectivity index (χ2v) is 7.67. The van der Waals surface area contributed by atoms with Crippen molar-refractivity contribution in [2.24, 2.45) is 5.73 Å². The van der Waals surface area contributed by atoms with E-state index >= 15 is 0 Å². The summed E-state index contributed by atoms with van der Waals surface area (Å²) in [5.41, 5.74) is 7.00. The van der Waals surface area contributed by atoms with Crippen molar-refractivity contribution in [3.8, 4) is 11.5 Å². The van der Waals surface area contributed by atoms with Crippen molar-refractivity contribution in [3.63, 3.8) is 0 Å². The van der Waals surface area contributed by atoms with E-state index < -0.39 is 11.1 Å². The Hall–Kier alpha value is -2.72.